The van der Waals surface area contributed by atoms with Crippen molar-refractivity contribution in [1.82, 2.24) is 0 Å². The molecule has 2 aromatic rings. The Morgan fingerprint density at radius 2 is 1.89 bits per heavy atom. The van der Waals surface area contributed by atoms with Crippen LogP contribution in [0.3, 0.4) is 0 Å². The summed E-state index contributed by atoms with van der Waals surface area (Å²) in [4.78, 5) is 21.1. The summed E-state index contributed by atoms with van der Waals surface area (Å²) in [5.74, 6) is -1.82. The molecule has 0 aliphatic rings. The number of halogens is 1. The topological polar surface area (TPSA) is 116 Å². The van der Waals surface area contributed by atoms with Crippen LogP contribution in [0.4, 0.5) is 15.8 Å². The van der Waals surface area contributed by atoms with Crippen LogP contribution in [0, 0.1) is 15.9 Å². The zero-order valence-electron chi connectivity index (χ0n) is 14.6. The van der Waals surface area contributed by atoms with Crippen LogP contribution in [0.25, 0.3) is 0 Å². The Morgan fingerprint density at radius 1 is 1.22 bits per heavy atom. The molecule has 144 valence electrons. The summed E-state index contributed by atoms with van der Waals surface area (Å²) in [6.45, 7) is 3.14. The lowest BCUT2D eigenvalue weighted by molar-refractivity contribution is -0.387. The van der Waals surface area contributed by atoms with Gasteiger partial charge in [-0.05, 0) is 24.6 Å². The van der Waals surface area contributed by atoms with E-state index >= 15 is 0 Å². The number of ether oxygens (including phenoxy) is 1. The van der Waals surface area contributed by atoms with Gasteiger partial charge in [-0.2, -0.15) is 0 Å². The fourth-order valence-electron chi connectivity index (χ4n) is 2.35. The van der Waals surface area contributed by atoms with Crippen molar-refractivity contribution in [1.29, 1.82) is 0 Å². The van der Waals surface area contributed by atoms with Crippen molar-refractivity contribution in [3.05, 3.63) is 57.9 Å². The number of esters is 1. The van der Waals surface area contributed by atoms with Crippen LogP contribution in [0.1, 0.15) is 25.8 Å². The maximum absolute atomic E-state index is 14.6. The van der Waals surface area contributed by atoms with Crippen LogP contribution in [0.15, 0.2) is 41.3 Å². The predicted molar refractivity (Wildman–Crippen MR) is 95.6 cm³/mol. The summed E-state index contributed by atoms with van der Waals surface area (Å²) in [6.07, 6.45) is 0.144. The molecule has 0 bridgehead atoms. The van der Waals surface area contributed by atoms with Crippen LogP contribution < -0.4 is 9.46 Å². The van der Waals surface area contributed by atoms with Gasteiger partial charge in [-0.15, -0.1) is 0 Å². The monoisotopic (exact) mass is 396 g/mol. The maximum Gasteiger partial charge on any atom is 0.310 e. The van der Waals surface area contributed by atoms with Gasteiger partial charge >= 0.3 is 5.97 Å². The molecule has 2 aromatic carbocycles. The second-order valence-corrected chi connectivity index (χ2v) is 7.07. The molecule has 27 heavy (non-hydrogen) atoms. The minimum Gasteiger partial charge on any atom is -0.423 e. The molecule has 0 saturated heterocycles. The highest BCUT2D eigenvalue weighted by Crippen LogP contribution is 2.31. The second kappa shape index (κ2) is 8.12. The number of para-hydroxylation sites is 1. The minimum absolute atomic E-state index is 0.0291. The van der Waals surface area contributed by atoms with Gasteiger partial charge in [0.1, 0.15) is 0 Å². The van der Waals surface area contributed by atoms with Gasteiger partial charge in [-0.25, -0.2) is 12.8 Å². The van der Waals surface area contributed by atoms with Crippen molar-refractivity contribution in [2.24, 2.45) is 0 Å². The number of anilines is 1. The van der Waals surface area contributed by atoms with Gasteiger partial charge in [0.25, 0.3) is 15.7 Å². The fraction of sp³-hybridized carbons (Fsp3) is 0.235. The molecule has 0 aliphatic heterocycles. The van der Waals surface area contributed by atoms with Crippen LogP contribution in [0.2, 0.25) is 0 Å². The largest absolute Gasteiger partial charge is 0.423 e. The maximum atomic E-state index is 14.6. The number of sulfonamides is 1. The Kier molecular flexibility index (Phi) is 6.11. The second-order valence-electron chi connectivity index (χ2n) is 5.42. The molecule has 8 nitrogen and oxygen atoms in total. The Morgan fingerprint density at radius 3 is 2.48 bits per heavy atom. The third-order valence-electron chi connectivity index (χ3n) is 3.67. The third kappa shape index (κ3) is 4.40. The van der Waals surface area contributed by atoms with E-state index in [4.69, 9.17) is 4.74 Å². The Bertz CT molecular complexity index is 991. The van der Waals surface area contributed by atoms with Crippen molar-refractivity contribution in [3.63, 3.8) is 0 Å². The number of hydrogen-bond acceptors (Lipinski definition) is 6. The molecule has 0 amide bonds. The highest BCUT2D eigenvalue weighted by atomic mass is 32.2. The van der Waals surface area contributed by atoms with E-state index in [1.807, 2.05) is 0 Å². The predicted octanol–water partition coefficient (Wildman–Crippen LogP) is 3.41. The molecule has 0 aliphatic carbocycles. The Balaban J connectivity index is 2.46. The summed E-state index contributed by atoms with van der Waals surface area (Å²) in [6, 6.07) is 7.19. The standard InChI is InChI=1S/C17H17FN2O6S/c1-3-11-12(9-10-14(17(11)18)26-16(21)4-2)19-27(24,25)15-8-6-5-7-13(15)20(22)23/h5-10,19H,3-4H2,1-2H3. The van der Waals surface area contributed by atoms with Crippen molar-refractivity contribution in [3.8, 4) is 5.75 Å². The summed E-state index contributed by atoms with van der Waals surface area (Å²) in [7, 11) is -4.35. The van der Waals surface area contributed by atoms with Crippen LogP contribution >= 0.6 is 0 Å². The van der Waals surface area contributed by atoms with E-state index < -0.39 is 37.3 Å². The van der Waals surface area contributed by atoms with Gasteiger partial charge in [-0.3, -0.25) is 19.6 Å². The highest BCUT2D eigenvalue weighted by Gasteiger charge is 2.27. The zero-order valence-corrected chi connectivity index (χ0v) is 15.4. The van der Waals surface area contributed by atoms with E-state index in [0.717, 1.165) is 18.2 Å². The van der Waals surface area contributed by atoms with Gasteiger partial charge in [0.2, 0.25) is 0 Å². The van der Waals surface area contributed by atoms with E-state index in [2.05, 4.69) is 4.72 Å². The van der Waals surface area contributed by atoms with E-state index in [1.54, 1.807) is 13.8 Å². The van der Waals surface area contributed by atoms with E-state index in [-0.39, 0.29) is 29.8 Å². The first-order chi connectivity index (χ1) is 12.7. The van der Waals surface area contributed by atoms with Gasteiger partial charge < -0.3 is 4.74 Å². The molecule has 0 unspecified atom stereocenters. The number of carbonyl (C=O) groups is 1. The number of hydrogen-bond donors (Lipinski definition) is 1. The SMILES string of the molecule is CCC(=O)Oc1ccc(NS(=O)(=O)c2ccccc2[N+](=O)[O-])c(CC)c1F. The fourth-order valence-corrected chi connectivity index (χ4v) is 3.62. The molecule has 0 spiro atoms. The number of carbonyl (C=O) groups excluding carboxylic acids is 1. The number of rotatable bonds is 7. The molecule has 0 heterocycles. The highest BCUT2D eigenvalue weighted by molar-refractivity contribution is 7.92. The quantitative estimate of drug-likeness (QED) is 0.332. The minimum atomic E-state index is -4.35. The first-order valence-corrected chi connectivity index (χ1v) is 9.47. The molecular weight excluding hydrogens is 379 g/mol. The first kappa shape index (κ1) is 20.3. The number of nitro benzene ring substituents is 1. The number of nitrogens with one attached hydrogen (secondary N) is 1. The average Bonchev–Trinajstić information content (AvgIpc) is 2.63. The molecule has 0 radical (unpaired) electrons. The summed E-state index contributed by atoms with van der Waals surface area (Å²) in [5, 5.41) is 11.1. The van der Waals surface area contributed by atoms with Crippen molar-refractivity contribution in [2.75, 3.05) is 4.72 Å². The molecule has 0 saturated carbocycles. The summed E-state index contributed by atoms with van der Waals surface area (Å²) >= 11 is 0. The molecule has 0 aromatic heterocycles. The molecule has 0 atom stereocenters. The van der Waals surface area contributed by atoms with Crippen molar-refractivity contribution in [2.45, 2.75) is 31.6 Å². The third-order valence-corrected chi connectivity index (χ3v) is 5.08. The lowest BCUT2D eigenvalue weighted by Crippen LogP contribution is -2.17. The molecular formula is C17H17FN2O6S. The Labute approximate surface area is 155 Å². The zero-order chi connectivity index (χ0) is 20.2. The summed E-state index contributed by atoms with van der Waals surface area (Å²) < 4.78 is 46.8. The lowest BCUT2D eigenvalue weighted by atomic mass is 10.1. The Hall–Kier alpha value is -3.01. The van der Waals surface area contributed by atoms with Crippen LogP contribution in [-0.2, 0) is 21.2 Å². The normalized spacial score (nSPS) is 11.1. The molecule has 1 N–H and O–H groups in total. The van der Waals surface area contributed by atoms with Gasteiger partial charge in [-0.1, -0.05) is 26.0 Å². The smallest absolute Gasteiger partial charge is 0.310 e. The van der Waals surface area contributed by atoms with E-state index in [0.29, 0.717) is 0 Å². The van der Waals surface area contributed by atoms with Gasteiger partial charge in [0.05, 0.1) is 10.6 Å². The molecule has 10 heteroatoms. The van der Waals surface area contributed by atoms with Crippen LogP contribution in [0.5, 0.6) is 5.75 Å². The molecule has 0 fully saturated rings. The molecule has 2 rings (SSSR count). The number of benzene rings is 2. The first-order valence-electron chi connectivity index (χ1n) is 7.99. The van der Waals surface area contributed by atoms with Gasteiger partial charge in [0, 0.05) is 18.1 Å². The van der Waals surface area contributed by atoms with E-state index in [9.17, 15) is 27.7 Å². The number of nitro groups is 1. The van der Waals surface area contributed by atoms with Crippen molar-refractivity contribution >= 4 is 27.4 Å². The lowest BCUT2D eigenvalue weighted by Gasteiger charge is -2.14. The average molecular weight is 396 g/mol. The van der Waals surface area contributed by atoms with Crippen molar-refractivity contribution < 1.29 is 27.3 Å². The summed E-state index contributed by atoms with van der Waals surface area (Å²) in [5.41, 5.74) is -0.722. The van der Waals surface area contributed by atoms with E-state index in [1.165, 1.54) is 18.2 Å². The van der Waals surface area contributed by atoms with Crippen LogP contribution in [-0.4, -0.2) is 19.3 Å². The van der Waals surface area contributed by atoms with Gasteiger partial charge in [0.15, 0.2) is 16.5 Å². The number of nitrogens with zero attached hydrogens (tertiary/aromatic N) is 1.